The average molecular weight is 589 g/mol. The van der Waals surface area contributed by atoms with Gasteiger partial charge in [0.05, 0.1) is 51.5 Å². The van der Waals surface area contributed by atoms with Crippen molar-refractivity contribution in [1.82, 2.24) is 0 Å². The summed E-state index contributed by atoms with van der Waals surface area (Å²) in [6.45, 7) is 4.89. The highest BCUT2D eigenvalue weighted by Gasteiger charge is 2.46. The van der Waals surface area contributed by atoms with Gasteiger partial charge in [-0.15, -0.1) is 0 Å². The third-order valence-corrected chi connectivity index (χ3v) is 8.75. The smallest absolute Gasteiger partial charge is 0.309 e. The lowest BCUT2D eigenvalue weighted by molar-refractivity contribution is -0.143. The standard InChI is InChI=1S/C31H24O12/c1-8-4-13-18(9(2)41-8)28(38)22-20(27(13)37)14(32)5-11(25(22)35)12-6-15(33)21-23(26(12)36)29(39)19-10(3)42-16-7-17(34)43-31(16)24(19)30(21)40/h5-6,8-10,16,31-32,35,37-38H,4,7H2,1-3H3/t8-,9-,10-,16-,31+/m1/s1. The molecule has 5 atom stereocenters. The molecule has 2 aliphatic carbocycles. The van der Waals surface area contributed by atoms with E-state index in [1.807, 2.05) is 0 Å². The van der Waals surface area contributed by atoms with Gasteiger partial charge in [0.2, 0.25) is 0 Å². The van der Waals surface area contributed by atoms with Crippen molar-refractivity contribution in [2.24, 2.45) is 0 Å². The molecular formula is C31H24O12. The number of hydrogen-bond acceptors (Lipinski definition) is 12. The molecule has 4 N–H and O–H groups in total. The second-order valence-corrected chi connectivity index (χ2v) is 11.3. The Morgan fingerprint density at radius 2 is 1.35 bits per heavy atom. The fourth-order valence-corrected chi connectivity index (χ4v) is 7.00. The molecule has 12 heteroatoms. The first-order valence-electron chi connectivity index (χ1n) is 13.7. The molecule has 43 heavy (non-hydrogen) atoms. The van der Waals surface area contributed by atoms with Crippen molar-refractivity contribution in [3.8, 4) is 34.1 Å². The Morgan fingerprint density at radius 3 is 2.07 bits per heavy atom. The molecule has 7 rings (SSSR count). The molecule has 0 radical (unpaired) electrons. The molecule has 0 unspecified atom stereocenters. The molecule has 2 aromatic carbocycles. The van der Waals surface area contributed by atoms with E-state index in [0.29, 0.717) is 5.56 Å². The van der Waals surface area contributed by atoms with Gasteiger partial charge in [0, 0.05) is 34.2 Å². The minimum Gasteiger partial charge on any atom is -0.507 e. The van der Waals surface area contributed by atoms with Crippen LogP contribution in [0.3, 0.4) is 0 Å². The highest BCUT2D eigenvalue weighted by molar-refractivity contribution is 6.07. The van der Waals surface area contributed by atoms with E-state index in [4.69, 9.17) is 14.2 Å². The van der Waals surface area contributed by atoms with E-state index in [9.17, 15) is 44.4 Å². The molecule has 5 aliphatic rings. The van der Waals surface area contributed by atoms with Crippen LogP contribution in [0.15, 0.2) is 31.3 Å². The van der Waals surface area contributed by atoms with Crippen molar-refractivity contribution >= 4 is 16.7 Å². The van der Waals surface area contributed by atoms with Crippen molar-refractivity contribution in [3.05, 3.63) is 85.7 Å². The van der Waals surface area contributed by atoms with Gasteiger partial charge >= 0.3 is 5.97 Å². The number of phenols is 4. The Kier molecular flexibility index (Phi) is 5.57. The lowest BCUT2D eigenvalue weighted by Crippen LogP contribution is -2.40. The van der Waals surface area contributed by atoms with E-state index >= 15 is 0 Å². The van der Waals surface area contributed by atoms with Crippen LogP contribution < -0.4 is 21.7 Å². The van der Waals surface area contributed by atoms with E-state index in [1.165, 1.54) is 6.92 Å². The molecule has 0 saturated carbocycles. The Balaban J connectivity index is 1.56. The molecule has 12 nitrogen and oxygen atoms in total. The van der Waals surface area contributed by atoms with Crippen molar-refractivity contribution < 1.29 is 39.4 Å². The summed E-state index contributed by atoms with van der Waals surface area (Å²) in [6.07, 6.45) is -3.96. The summed E-state index contributed by atoms with van der Waals surface area (Å²) < 4.78 is 16.7. The van der Waals surface area contributed by atoms with Crippen molar-refractivity contribution in [1.29, 1.82) is 0 Å². The maximum Gasteiger partial charge on any atom is 0.309 e. The van der Waals surface area contributed by atoms with E-state index in [-0.39, 0.29) is 46.8 Å². The monoisotopic (exact) mass is 588 g/mol. The molecular weight excluding hydrogens is 564 g/mol. The molecule has 3 aliphatic heterocycles. The fourth-order valence-electron chi connectivity index (χ4n) is 7.00. The predicted molar refractivity (Wildman–Crippen MR) is 148 cm³/mol. The second kappa shape index (κ2) is 8.85. The van der Waals surface area contributed by atoms with Crippen LogP contribution in [-0.4, -0.2) is 38.6 Å². The van der Waals surface area contributed by atoms with Crippen molar-refractivity contribution in [2.45, 2.75) is 64.1 Å². The van der Waals surface area contributed by atoms with Crippen molar-refractivity contribution in [2.75, 3.05) is 0 Å². The second-order valence-electron chi connectivity index (χ2n) is 11.3. The maximum atomic E-state index is 13.9. The quantitative estimate of drug-likeness (QED) is 0.186. The van der Waals surface area contributed by atoms with Crippen LogP contribution in [-0.2, 0) is 25.4 Å². The molecule has 0 amide bonds. The van der Waals surface area contributed by atoms with Gasteiger partial charge in [-0.2, -0.15) is 0 Å². The van der Waals surface area contributed by atoms with Gasteiger partial charge in [-0.3, -0.25) is 24.0 Å². The number of esters is 1. The largest absolute Gasteiger partial charge is 0.507 e. The van der Waals surface area contributed by atoms with Gasteiger partial charge in [-0.1, -0.05) is 0 Å². The number of carbonyl (C=O) groups is 1. The van der Waals surface area contributed by atoms with Crippen molar-refractivity contribution in [3.63, 3.8) is 0 Å². The molecule has 2 aromatic rings. The Labute approximate surface area is 240 Å². The molecule has 3 heterocycles. The first-order chi connectivity index (χ1) is 20.3. The molecule has 1 saturated heterocycles. The number of fused-ring (bicyclic) bond motifs is 5. The number of carbonyl (C=O) groups excluding carboxylic acids is 1. The SMILES string of the molecule is C[C@@H]1Cc2c(c(O)c3c(O)c(-c4cc(=O)c5c(=O)c6c(c(=O)c=5c4=O)[C@@H](C)O[C@@H]4CC(=O)O[C@H]64)cc(O)c3c2O)[C@@H](C)O1. The molecule has 0 spiro atoms. The number of rotatable bonds is 1. The van der Waals surface area contributed by atoms with E-state index in [1.54, 1.807) is 13.8 Å². The Hall–Kier alpha value is -4.81. The number of hydrogen-bond donors (Lipinski definition) is 4. The zero-order chi connectivity index (χ0) is 30.8. The summed E-state index contributed by atoms with van der Waals surface area (Å²) in [5.41, 5.74) is -4.81. The molecule has 220 valence electrons. The lowest BCUT2D eigenvalue weighted by atomic mass is 9.86. The summed E-state index contributed by atoms with van der Waals surface area (Å²) >= 11 is 0. The predicted octanol–water partition coefficient (Wildman–Crippen LogP) is 1.84. The third-order valence-electron chi connectivity index (χ3n) is 8.75. The zero-order valence-corrected chi connectivity index (χ0v) is 23.0. The highest BCUT2D eigenvalue weighted by atomic mass is 16.6. The summed E-state index contributed by atoms with van der Waals surface area (Å²) in [7, 11) is 0. The number of benzene rings is 2. The average Bonchev–Trinajstić information content (AvgIpc) is 3.30. The zero-order valence-electron chi connectivity index (χ0n) is 23.0. The van der Waals surface area contributed by atoms with Crippen LogP contribution in [0.5, 0.6) is 23.0 Å². The summed E-state index contributed by atoms with van der Waals surface area (Å²) in [4.78, 5) is 66.6. The van der Waals surface area contributed by atoms with Gasteiger partial charge in [-0.05, 0) is 32.9 Å². The fraction of sp³-hybridized carbons (Fsp3) is 0.323. The van der Waals surface area contributed by atoms with E-state index in [0.717, 1.165) is 12.1 Å². The van der Waals surface area contributed by atoms with Gasteiger partial charge in [0.15, 0.2) is 27.8 Å². The Morgan fingerprint density at radius 1 is 0.674 bits per heavy atom. The van der Waals surface area contributed by atoms with Gasteiger partial charge < -0.3 is 34.6 Å². The highest BCUT2D eigenvalue weighted by Crippen LogP contribution is 2.53. The third kappa shape index (κ3) is 3.47. The number of aromatic hydroxyl groups is 4. The van der Waals surface area contributed by atoms with E-state index < -0.39 is 96.3 Å². The van der Waals surface area contributed by atoms with Gasteiger partial charge in [0.25, 0.3) is 0 Å². The van der Waals surface area contributed by atoms with Crippen LogP contribution in [0, 0.1) is 10.4 Å². The van der Waals surface area contributed by atoms with Crippen LogP contribution in [0.4, 0.5) is 0 Å². The van der Waals surface area contributed by atoms with Gasteiger partial charge in [0.1, 0.15) is 29.1 Å². The minimum absolute atomic E-state index is 0.143. The lowest BCUT2D eigenvalue weighted by Gasteiger charge is -2.30. The Bertz CT molecular complexity index is 2230. The molecule has 0 bridgehead atoms. The first kappa shape index (κ1) is 27.0. The maximum absolute atomic E-state index is 13.9. The van der Waals surface area contributed by atoms with Gasteiger partial charge in [-0.25, -0.2) is 0 Å². The summed E-state index contributed by atoms with van der Waals surface area (Å²) in [6, 6.07) is 1.70. The minimum atomic E-state index is -1.20. The molecule has 0 aromatic heterocycles. The van der Waals surface area contributed by atoms with E-state index in [2.05, 4.69) is 0 Å². The van der Waals surface area contributed by atoms with Crippen LogP contribution in [0.25, 0.3) is 21.9 Å². The number of phenolic OH excluding ortho intramolecular Hbond substituents is 4. The summed E-state index contributed by atoms with van der Waals surface area (Å²) in [5, 5.41) is 42.6. The number of ether oxygens (including phenoxy) is 3. The summed E-state index contributed by atoms with van der Waals surface area (Å²) in [5.74, 6) is -2.90. The normalized spacial score (nSPS) is 24.5. The first-order valence-corrected chi connectivity index (χ1v) is 13.7. The van der Waals surface area contributed by atoms with Crippen LogP contribution in [0.1, 0.15) is 67.8 Å². The van der Waals surface area contributed by atoms with Crippen LogP contribution in [0.2, 0.25) is 0 Å². The van der Waals surface area contributed by atoms with Crippen LogP contribution >= 0.6 is 0 Å². The molecule has 1 fully saturated rings. The topological polar surface area (TPSA) is 194 Å².